The van der Waals surface area contributed by atoms with Crippen molar-refractivity contribution in [3.8, 4) is 5.75 Å². The fraction of sp³-hybridized carbons (Fsp3) is 0.231. The summed E-state index contributed by atoms with van der Waals surface area (Å²) in [4.78, 5) is 1.05. The molecule has 2 rings (SSSR count). The molecule has 1 aromatic carbocycles. The Morgan fingerprint density at radius 2 is 2.22 bits per heavy atom. The maximum atomic E-state index is 13.6. The molecule has 3 nitrogen and oxygen atoms in total. The third kappa shape index (κ3) is 2.92. The number of rotatable bonds is 5. The number of ether oxygens (including phenoxy) is 1. The topological polar surface area (TPSA) is 47.3 Å². The lowest BCUT2D eigenvalue weighted by molar-refractivity contribution is 0.321. The molecule has 1 aromatic heterocycles. The summed E-state index contributed by atoms with van der Waals surface area (Å²) in [6.07, 6.45) is 0. The number of anilines is 2. The number of thiophene rings is 1. The third-order valence-electron chi connectivity index (χ3n) is 2.46. The molecule has 0 saturated heterocycles. The molecule has 0 spiro atoms. The van der Waals surface area contributed by atoms with E-state index < -0.39 is 0 Å². The molecule has 96 valence electrons. The number of nitrogens with two attached hydrogens (primary N) is 1. The highest BCUT2D eigenvalue weighted by molar-refractivity contribution is 7.10. The van der Waals surface area contributed by atoms with Crippen molar-refractivity contribution in [2.24, 2.45) is 0 Å². The van der Waals surface area contributed by atoms with E-state index in [4.69, 9.17) is 10.5 Å². The lowest BCUT2D eigenvalue weighted by atomic mass is 10.3. The van der Waals surface area contributed by atoms with Gasteiger partial charge in [-0.25, -0.2) is 4.39 Å². The number of hydrogen-bond donors (Lipinski definition) is 2. The van der Waals surface area contributed by atoms with Gasteiger partial charge in [0.15, 0.2) is 11.6 Å². The number of hydrogen-bond acceptors (Lipinski definition) is 4. The molecule has 0 amide bonds. The van der Waals surface area contributed by atoms with E-state index in [9.17, 15) is 4.39 Å². The van der Waals surface area contributed by atoms with Crippen LogP contribution in [0.1, 0.15) is 11.8 Å². The Bertz CT molecular complexity index is 527. The Morgan fingerprint density at radius 3 is 2.83 bits per heavy atom. The number of nitrogen functional groups attached to an aromatic ring is 1. The summed E-state index contributed by atoms with van der Waals surface area (Å²) < 4.78 is 18.7. The standard InChI is InChI=1S/C13H15FN2OS/c1-2-17-12-4-3-9(7-10(12)14)16-8-13-11(15)5-6-18-13/h3-7,16H,2,8,15H2,1H3. The van der Waals surface area contributed by atoms with Crippen LogP contribution >= 0.6 is 11.3 Å². The van der Waals surface area contributed by atoms with Crippen LogP contribution < -0.4 is 15.8 Å². The third-order valence-corrected chi connectivity index (χ3v) is 3.40. The molecule has 0 atom stereocenters. The van der Waals surface area contributed by atoms with Crippen molar-refractivity contribution >= 4 is 22.7 Å². The first-order chi connectivity index (χ1) is 8.70. The van der Waals surface area contributed by atoms with Gasteiger partial charge in [-0.05, 0) is 30.5 Å². The van der Waals surface area contributed by atoms with Crippen LogP contribution in [-0.4, -0.2) is 6.61 Å². The van der Waals surface area contributed by atoms with Crippen molar-refractivity contribution in [3.63, 3.8) is 0 Å². The van der Waals surface area contributed by atoms with Crippen molar-refractivity contribution in [1.29, 1.82) is 0 Å². The molecule has 0 bridgehead atoms. The summed E-state index contributed by atoms with van der Waals surface area (Å²) in [6.45, 7) is 2.87. The first-order valence-electron chi connectivity index (χ1n) is 5.68. The molecule has 18 heavy (non-hydrogen) atoms. The van der Waals surface area contributed by atoms with E-state index in [1.165, 1.54) is 6.07 Å². The predicted molar refractivity (Wildman–Crippen MR) is 73.6 cm³/mol. The van der Waals surface area contributed by atoms with Gasteiger partial charge in [0.25, 0.3) is 0 Å². The zero-order valence-corrected chi connectivity index (χ0v) is 10.9. The minimum absolute atomic E-state index is 0.277. The summed E-state index contributed by atoms with van der Waals surface area (Å²) in [6, 6.07) is 6.70. The Balaban J connectivity index is 2.02. The minimum Gasteiger partial charge on any atom is -0.491 e. The number of nitrogens with one attached hydrogen (secondary N) is 1. The van der Waals surface area contributed by atoms with Crippen LogP contribution in [0.2, 0.25) is 0 Å². The van der Waals surface area contributed by atoms with Crippen LogP contribution in [-0.2, 0) is 6.54 Å². The van der Waals surface area contributed by atoms with Crippen molar-refractivity contribution in [1.82, 2.24) is 0 Å². The molecule has 0 aliphatic carbocycles. The zero-order chi connectivity index (χ0) is 13.0. The lowest BCUT2D eigenvalue weighted by Crippen LogP contribution is -2.01. The fourth-order valence-electron chi connectivity index (χ4n) is 1.56. The van der Waals surface area contributed by atoms with Crippen molar-refractivity contribution in [3.05, 3.63) is 40.3 Å². The van der Waals surface area contributed by atoms with E-state index in [1.54, 1.807) is 23.5 Å². The van der Waals surface area contributed by atoms with Crippen LogP contribution in [0.5, 0.6) is 5.75 Å². The average Bonchev–Trinajstić information content (AvgIpc) is 2.76. The molecule has 0 saturated carbocycles. The van der Waals surface area contributed by atoms with Crippen molar-refractivity contribution < 1.29 is 9.13 Å². The first kappa shape index (κ1) is 12.7. The van der Waals surface area contributed by atoms with E-state index in [0.29, 0.717) is 18.8 Å². The van der Waals surface area contributed by atoms with Crippen LogP contribution in [0.15, 0.2) is 29.6 Å². The van der Waals surface area contributed by atoms with Crippen molar-refractivity contribution in [2.75, 3.05) is 17.7 Å². The Labute approximate surface area is 109 Å². The van der Waals surface area contributed by atoms with Gasteiger partial charge in [-0.15, -0.1) is 11.3 Å². The van der Waals surface area contributed by atoms with E-state index >= 15 is 0 Å². The molecule has 0 aliphatic heterocycles. The van der Waals surface area contributed by atoms with E-state index in [-0.39, 0.29) is 11.6 Å². The normalized spacial score (nSPS) is 10.3. The molecule has 2 aromatic rings. The maximum absolute atomic E-state index is 13.6. The van der Waals surface area contributed by atoms with Gasteiger partial charge in [0.2, 0.25) is 0 Å². The summed E-state index contributed by atoms with van der Waals surface area (Å²) in [5, 5.41) is 5.07. The molecule has 0 unspecified atom stereocenters. The minimum atomic E-state index is -0.360. The second-order valence-electron chi connectivity index (χ2n) is 3.73. The van der Waals surface area contributed by atoms with E-state index in [2.05, 4.69) is 5.32 Å². The zero-order valence-electron chi connectivity index (χ0n) is 10.1. The first-order valence-corrected chi connectivity index (χ1v) is 6.56. The molecule has 3 N–H and O–H groups in total. The molecule has 0 aliphatic rings. The molecule has 1 heterocycles. The van der Waals surface area contributed by atoms with Crippen LogP contribution in [0, 0.1) is 5.82 Å². The SMILES string of the molecule is CCOc1ccc(NCc2sccc2N)cc1F. The second kappa shape index (κ2) is 5.73. The summed E-state index contributed by atoms with van der Waals surface area (Å²) in [5.41, 5.74) is 7.25. The summed E-state index contributed by atoms with van der Waals surface area (Å²) in [7, 11) is 0. The van der Waals surface area contributed by atoms with Gasteiger partial charge in [0.1, 0.15) is 0 Å². The highest BCUT2D eigenvalue weighted by atomic mass is 32.1. The largest absolute Gasteiger partial charge is 0.491 e. The molecular formula is C13H15FN2OS. The molecule has 5 heteroatoms. The van der Waals surface area contributed by atoms with Gasteiger partial charge >= 0.3 is 0 Å². The van der Waals surface area contributed by atoms with E-state index in [1.807, 2.05) is 18.4 Å². The fourth-order valence-corrected chi connectivity index (χ4v) is 2.30. The second-order valence-corrected chi connectivity index (χ2v) is 4.73. The summed E-state index contributed by atoms with van der Waals surface area (Å²) >= 11 is 1.58. The van der Waals surface area contributed by atoms with Gasteiger partial charge in [0.05, 0.1) is 13.2 Å². The average molecular weight is 266 g/mol. The molecule has 0 fully saturated rings. The van der Waals surface area contributed by atoms with Gasteiger partial charge in [0, 0.05) is 22.3 Å². The number of benzene rings is 1. The van der Waals surface area contributed by atoms with Crippen LogP contribution in [0.25, 0.3) is 0 Å². The van der Waals surface area contributed by atoms with Gasteiger partial charge in [-0.1, -0.05) is 0 Å². The Kier molecular flexibility index (Phi) is 4.04. The lowest BCUT2D eigenvalue weighted by Gasteiger charge is -2.09. The van der Waals surface area contributed by atoms with Crippen molar-refractivity contribution in [2.45, 2.75) is 13.5 Å². The monoisotopic (exact) mass is 266 g/mol. The quantitative estimate of drug-likeness (QED) is 0.871. The smallest absolute Gasteiger partial charge is 0.167 e. The Hall–Kier alpha value is -1.75. The highest BCUT2D eigenvalue weighted by Gasteiger charge is 2.05. The Morgan fingerprint density at radius 1 is 1.39 bits per heavy atom. The summed E-state index contributed by atoms with van der Waals surface area (Å²) in [5.74, 6) is -0.0836. The predicted octanol–water partition coefficient (Wildman–Crippen LogP) is 3.48. The van der Waals surface area contributed by atoms with Crippen LogP contribution in [0.3, 0.4) is 0 Å². The van der Waals surface area contributed by atoms with E-state index in [0.717, 1.165) is 10.6 Å². The maximum Gasteiger partial charge on any atom is 0.167 e. The van der Waals surface area contributed by atoms with Gasteiger partial charge < -0.3 is 15.8 Å². The number of halogens is 1. The van der Waals surface area contributed by atoms with Crippen LogP contribution in [0.4, 0.5) is 15.8 Å². The van der Waals surface area contributed by atoms with Gasteiger partial charge in [-0.2, -0.15) is 0 Å². The highest BCUT2D eigenvalue weighted by Crippen LogP contribution is 2.23. The van der Waals surface area contributed by atoms with Gasteiger partial charge in [-0.3, -0.25) is 0 Å². The molecule has 0 radical (unpaired) electrons. The molecular weight excluding hydrogens is 251 g/mol.